The van der Waals surface area contributed by atoms with Crippen molar-refractivity contribution >= 4 is 5.91 Å². The van der Waals surface area contributed by atoms with Gasteiger partial charge in [0.1, 0.15) is 0 Å². The summed E-state index contributed by atoms with van der Waals surface area (Å²) >= 11 is 0. The van der Waals surface area contributed by atoms with Crippen LogP contribution in [0.5, 0.6) is 0 Å². The number of carbonyl (C=O) groups excluding carboxylic acids is 1. The standard InChI is InChI=1S/C10H18FN2O/c11-5-3-1-2-4-10(14)13-8-6-12-7-9-13/h1-9H2. The molecule has 0 bridgehead atoms. The SMILES string of the molecule is O=C(CCCCCF)N1CC[N]CC1. The molecule has 1 rings (SSSR count). The summed E-state index contributed by atoms with van der Waals surface area (Å²) in [4.78, 5) is 13.4. The lowest BCUT2D eigenvalue weighted by Gasteiger charge is -2.26. The molecule has 0 aromatic rings. The van der Waals surface area contributed by atoms with Crippen LogP contribution in [0.3, 0.4) is 0 Å². The quantitative estimate of drug-likeness (QED) is 0.610. The van der Waals surface area contributed by atoms with Gasteiger partial charge in [-0.05, 0) is 12.8 Å². The minimum absolute atomic E-state index is 0.207. The average molecular weight is 201 g/mol. The van der Waals surface area contributed by atoms with E-state index >= 15 is 0 Å². The molecule has 1 heterocycles. The molecule has 0 aliphatic carbocycles. The Balaban J connectivity index is 2.07. The molecule has 1 fully saturated rings. The maximum Gasteiger partial charge on any atom is 0.222 e. The number of alkyl halides is 1. The summed E-state index contributed by atoms with van der Waals surface area (Å²) in [6.07, 6.45) is 2.79. The van der Waals surface area contributed by atoms with Crippen molar-refractivity contribution in [3.05, 3.63) is 0 Å². The number of amides is 1. The van der Waals surface area contributed by atoms with Crippen molar-refractivity contribution in [1.29, 1.82) is 0 Å². The van der Waals surface area contributed by atoms with Crippen molar-refractivity contribution in [2.45, 2.75) is 25.7 Å². The van der Waals surface area contributed by atoms with Gasteiger partial charge in [0.25, 0.3) is 0 Å². The minimum atomic E-state index is -0.267. The van der Waals surface area contributed by atoms with E-state index in [9.17, 15) is 9.18 Å². The topological polar surface area (TPSA) is 34.4 Å². The van der Waals surface area contributed by atoms with Gasteiger partial charge in [-0.1, -0.05) is 6.42 Å². The Labute approximate surface area is 84.7 Å². The van der Waals surface area contributed by atoms with E-state index < -0.39 is 0 Å². The first kappa shape index (κ1) is 11.4. The van der Waals surface area contributed by atoms with E-state index in [1.54, 1.807) is 0 Å². The van der Waals surface area contributed by atoms with Gasteiger partial charge in [0.2, 0.25) is 5.91 Å². The number of piperazine rings is 1. The predicted octanol–water partition coefficient (Wildman–Crippen LogP) is 0.963. The fraction of sp³-hybridized carbons (Fsp3) is 0.900. The van der Waals surface area contributed by atoms with Crippen LogP contribution in [0.4, 0.5) is 4.39 Å². The zero-order valence-corrected chi connectivity index (χ0v) is 8.54. The Bertz CT molecular complexity index is 170. The lowest BCUT2D eigenvalue weighted by molar-refractivity contribution is -0.131. The highest BCUT2D eigenvalue weighted by atomic mass is 19.1. The van der Waals surface area contributed by atoms with Crippen LogP contribution >= 0.6 is 0 Å². The zero-order chi connectivity index (χ0) is 10.2. The van der Waals surface area contributed by atoms with Gasteiger partial charge in [-0.25, -0.2) is 5.32 Å². The number of unbranched alkanes of at least 4 members (excludes halogenated alkanes) is 2. The van der Waals surface area contributed by atoms with Crippen LogP contribution in [-0.2, 0) is 4.79 Å². The molecule has 14 heavy (non-hydrogen) atoms. The number of hydrogen-bond acceptors (Lipinski definition) is 1. The smallest absolute Gasteiger partial charge is 0.222 e. The Morgan fingerprint density at radius 2 is 1.93 bits per heavy atom. The van der Waals surface area contributed by atoms with E-state index in [-0.39, 0.29) is 12.6 Å². The molecule has 1 amide bonds. The van der Waals surface area contributed by atoms with Crippen LogP contribution in [-0.4, -0.2) is 43.7 Å². The van der Waals surface area contributed by atoms with Gasteiger partial charge in [-0.15, -0.1) is 0 Å². The summed E-state index contributed by atoms with van der Waals surface area (Å²) in [7, 11) is 0. The molecule has 0 atom stereocenters. The molecule has 3 nitrogen and oxygen atoms in total. The number of carbonyl (C=O) groups is 1. The molecule has 1 saturated heterocycles. The van der Waals surface area contributed by atoms with Crippen LogP contribution in [0.25, 0.3) is 0 Å². The second kappa shape index (κ2) is 6.76. The Morgan fingerprint density at radius 3 is 2.57 bits per heavy atom. The maximum absolute atomic E-state index is 11.8. The van der Waals surface area contributed by atoms with Gasteiger partial charge in [0, 0.05) is 32.6 Å². The second-order valence-electron chi connectivity index (χ2n) is 3.55. The summed E-state index contributed by atoms with van der Waals surface area (Å²) in [5.74, 6) is 0.207. The summed E-state index contributed by atoms with van der Waals surface area (Å²) in [5.41, 5.74) is 0. The minimum Gasteiger partial charge on any atom is -0.340 e. The first-order valence-electron chi connectivity index (χ1n) is 5.31. The first-order chi connectivity index (χ1) is 6.84. The summed E-state index contributed by atoms with van der Waals surface area (Å²) in [6, 6.07) is 0. The molecule has 0 aromatic carbocycles. The first-order valence-corrected chi connectivity index (χ1v) is 5.31. The van der Waals surface area contributed by atoms with Gasteiger partial charge < -0.3 is 4.90 Å². The van der Waals surface area contributed by atoms with E-state index in [4.69, 9.17) is 0 Å². The maximum atomic E-state index is 11.8. The number of rotatable bonds is 5. The largest absolute Gasteiger partial charge is 0.340 e. The summed E-state index contributed by atoms with van der Waals surface area (Å²) in [5, 5.41) is 4.18. The van der Waals surface area contributed by atoms with Crippen molar-refractivity contribution in [3.63, 3.8) is 0 Å². The summed E-state index contributed by atoms with van der Waals surface area (Å²) < 4.78 is 11.8. The van der Waals surface area contributed by atoms with Crippen LogP contribution in [0.2, 0.25) is 0 Å². The second-order valence-corrected chi connectivity index (χ2v) is 3.55. The van der Waals surface area contributed by atoms with Crippen LogP contribution in [0.15, 0.2) is 0 Å². The van der Waals surface area contributed by atoms with E-state index in [1.807, 2.05) is 4.90 Å². The Morgan fingerprint density at radius 1 is 1.21 bits per heavy atom. The van der Waals surface area contributed by atoms with Crippen LogP contribution in [0, 0.1) is 0 Å². The molecule has 81 valence electrons. The normalized spacial score (nSPS) is 17.1. The molecule has 0 spiro atoms. The molecule has 1 radical (unpaired) electrons. The van der Waals surface area contributed by atoms with E-state index in [0.717, 1.165) is 39.0 Å². The molecular weight excluding hydrogens is 183 g/mol. The number of halogens is 1. The van der Waals surface area contributed by atoms with Crippen molar-refractivity contribution < 1.29 is 9.18 Å². The fourth-order valence-electron chi connectivity index (χ4n) is 1.56. The van der Waals surface area contributed by atoms with E-state index in [2.05, 4.69) is 5.32 Å². The molecule has 1 aliphatic heterocycles. The van der Waals surface area contributed by atoms with Gasteiger partial charge in [-0.2, -0.15) is 0 Å². The monoisotopic (exact) mass is 201 g/mol. The Hall–Kier alpha value is -0.640. The molecule has 0 saturated carbocycles. The van der Waals surface area contributed by atoms with Crippen LogP contribution < -0.4 is 5.32 Å². The highest BCUT2D eigenvalue weighted by molar-refractivity contribution is 5.76. The van der Waals surface area contributed by atoms with Gasteiger partial charge in [0.15, 0.2) is 0 Å². The Kier molecular flexibility index (Phi) is 5.52. The van der Waals surface area contributed by atoms with E-state index in [1.165, 1.54) is 0 Å². The zero-order valence-electron chi connectivity index (χ0n) is 8.54. The molecule has 0 unspecified atom stereocenters. The third kappa shape index (κ3) is 4.05. The van der Waals surface area contributed by atoms with Crippen molar-refractivity contribution in [2.75, 3.05) is 32.9 Å². The molecular formula is C10H18FN2O. The third-order valence-electron chi connectivity index (χ3n) is 2.43. The molecule has 1 aliphatic rings. The number of nitrogens with zero attached hydrogens (tertiary/aromatic N) is 2. The van der Waals surface area contributed by atoms with Gasteiger partial charge in [0.05, 0.1) is 6.67 Å². The average Bonchev–Trinajstić information content (AvgIpc) is 2.25. The van der Waals surface area contributed by atoms with Crippen molar-refractivity contribution in [2.24, 2.45) is 0 Å². The van der Waals surface area contributed by atoms with E-state index in [0.29, 0.717) is 12.8 Å². The van der Waals surface area contributed by atoms with Crippen molar-refractivity contribution in [3.8, 4) is 0 Å². The van der Waals surface area contributed by atoms with Gasteiger partial charge >= 0.3 is 0 Å². The fourth-order valence-corrected chi connectivity index (χ4v) is 1.56. The highest BCUT2D eigenvalue weighted by Crippen LogP contribution is 2.04. The molecule has 0 aromatic heterocycles. The summed E-state index contributed by atoms with van der Waals surface area (Å²) in [6.45, 7) is 2.81. The van der Waals surface area contributed by atoms with Crippen LogP contribution in [0.1, 0.15) is 25.7 Å². The predicted molar refractivity (Wildman–Crippen MR) is 52.9 cm³/mol. The third-order valence-corrected chi connectivity index (χ3v) is 2.43. The highest BCUT2D eigenvalue weighted by Gasteiger charge is 2.15. The lowest BCUT2D eigenvalue weighted by atomic mass is 10.2. The lowest BCUT2D eigenvalue weighted by Crippen LogP contribution is -2.43. The van der Waals surface area contributed by atoms with Crippen molar-refractivity contribution in [1.82, 2.24) is 10.2 Å². The molecule has 4 heteroatoms. The number of hydrogen-bond donors (Lipinski definition) is 0. The molecule has 0 N–H and O–H groups in total. The van der Waals surface area contributed by atoms with Gasteiger partial charge in [-0.3, -0.25) is 9.18 Å².